The Morgan fingerprint density at radius 2 is 2.43 bits per heavy atom. The highest BCUT2D eigenvalue weighted by atomic mass is 16.3. The van der Waals surface area contributed by atoms with E-state index >= 15 is 0 Å². The first-order chi connectivity index (χ1) is 6.75. The Balaban J connectivity index is 2.37. The highest BCUT2D eigenvalue weighted by molar-refractivity contribution is 5.91. The van der Waals surface area contributed by atoms with E-state index in [0.717, 1.165) is 19.5 Å². The van der Waals surface area contributed by atoms with Crippen LogP contribution in [0.4, 0.5) is 0 Å². The van der Waals surface area contributed by atoms with Crippen LogP contribution >= 0.6 is 0 Å². The van der Waals surface area contributed by atoms with E-state index in [4.69, 9.17) is 4.42 Å². The second kappa shape index (κ2) is 5.44. The molecule has 78 valence electrons. The molecule has 0 saturated heterocycles. The summed E-state index contributed by atoms with van der Waals surface area (Å²) in [6.45, 7) is 1.65. The quantitative estimate of drug-likeness (QED) is 0.713. The standard InChI is InChI=1S/C10H16N2O2/c1-11-6-4-7-12(2)10(13)9-5-3-8-14-9/h3,5,8,11H,4,6-7H2,1-2H3. The third-order valence-corrected chi connectivity index (χ3v) is 2.00. The van der Waals surface area contributed by atoms with Crippen molar-refractivity contribution in [3.63, 3.8) is 0 Å². The van der Waals surface area contributed by atoms with Gasteiger partial charge in [0.2, 0.25) is 0 Å². The monoisotopic (exact) mass is 196 g/mol. The summed E-state index contributed by atoms with van der Waals surface area (Å²) in [5.41, 5.74) is 0. The highest BCUT2D eigenvalue weighted by Crippen LogP contribution is 2.04. The average molecular weight is 196 g/mol. The number of nitrogens with zero attached hydrogens (tertiary/aromatic N) is 1. The molecule has 0 radical (unpaired) electrons. The maximum atomic E-state index is 11.6. The van der Waals surface area contributed by atoms with Crippen LogP contribution in [0.3, 0.4) is 0 Å². The fraction of sp³-hybridized carbons (Fsp3) is 0.500. The number of nitrogens with one attached hydrogen (secondary N) is 1. The fourth-order valence-electron chi connectivity index (χ4n) is 1.18. The summed E-state index contributed by atoms with van der Waals surface area (Å²) in [7, 11) is 3.68. The molecular weight excluding hydrogens is 180 g/mol. The van der Waals surface area contributed by atoms with Crippen LogP contribution in [0.25, 0.3) is 0 Å². The molecule has 1 aromatic heterocycles. The molecule has 0 unspecified atom stereocenters. The molecule has 0 aliphatic heterocycles. The average Bonchev–Trinajstić information content (AvgIpc) is 2.69. The van der Waals surface area contributed by atoms with Gasteiger partial charge in [-0.25, -0.2) is 0 Å². The highest BCUT2D eigenvalue weighted by Gasteiger charge is 2.12. The zero-order valence-electron chi connectivity index (χ0n) is 8.62. The molecule has 0 bridgehead atoms. The number of hydrogen-bond donors (Lipinski definition) is 1. The summed E-state index contributed by atoms with van der Waals surface area (Å²) in [6.07, 6.45) is 2.45. The van der Waals surface area contributed by atoms with Gasteiger partial charge in [-0.1, -0.05) is 0 Å². The Labute approximate surface area is 83.9 Å². The van der Waals surface area contributed by atoms with Crippen LogP contribution in [0.5, 0.6) is 0 Å². The first-order valence-corrected chi connectivity index (χ1v) is 4.69. The van der Waals surface area contributed by atoms with Crippen molar-refractivity contribution in [3.8, 4) is 0 Å². The first-order valence-electron chi connectivity index (χ1n) is 4.69. The van der Waals surface area contributed by atoms with Crippen molar-refractivity contribution in [1.82, 2.24) is 10.2 Å². The third kappa shape index (κ3) is 2.88. The minimum Gasteiger partial charge on any atom is -0.459 e. The summed E-state index contributed by atoms with van der Waals surface area (Å²) in [5.74, 6) is 0.336. The van der Waals surface area contributed by atoms with Crippen molar-refractivity contribution >= 4 is 5.91 Å². The maximum absolute atomic E-state index is 11.6. The zero-order chi connectivity index (χ0) is 10.4. The SMILES string of the molecule is CNCCCN(C)C(=O)c1ccco1. The van der Waals surface area contributed by atoms with Crippen LogP contribution in [0.15, 0.2) is 22.8 Å². The maximum Gasteiger partial charge on any atom is 0.289 e. The second-order valence-electron chi connectivity index (χ2n) is 3.16. The minimum atomic E-state index is -0.0638. The van der Waals surface area contributed by atoms with Crippen molar-refractivity contribution in [1.29, 1.82) is 0 Å². The van der Waals surface area contributed by atoms with Gasteiger partial charge in [0.15, 0.2) is 5.76 Å². The van der Waals surface area contributed by atoms with Gasteiger partial charge in [0.05, 0.1) is 6.26 Å². The van der Waals surface area contributed by atoms with Gasteiger partial charge in [-0.3, -0.25) is 4.79 Å². The van der Waals surface area contributed by atoms with Crippen LogP contribution in [-0.4, -0.2) is 38.0 Å². The van der Waals surface area contributed by atoms with Gasteiger partial charge < -0.3 is 14.6 Å². The van der Waals surface area contributed by atoms with E-state index in [-0.39, 0.29) is 5.91 Å². The number of carbonyl (C=O) groups is 1. The predicted molar refractivity (Wildman–Crippen MR) is 54.2 cm³/mol. The molecule has 1 amide bonds. The van der Waals surface area contributed by atoms with Gasteiger partial charge in [0.1, 0.15) is 0 Å². The molecule has 0 aliphatic carbocycles. The summed E-state index contributed by atoms with van der Waals surface area (Å²) in [6, 6.07) is 3.39. The molecule has 1 aromatic rings. The lowest BCUT2D eigenvalue weighted by atomic mass is 10.3. The van der Waals surface area contributed by atoms with Crippen molar-refractivity contribution in [2.75, 3.05) is 27.2 Å². The summed E-state index contributed by atoms with van der Waals surface area (Å²) in [5, 5.41) is 3.04. The number of hydrogen-bond acceptors (Lipinski definition) is 3. The molecule has 14 heavy (non-hydrogen) atoms. The summed E-state index contributed by atoms with van der Waals surface area (Å²) in [4.78, 5) is 13.3. The Morgan fingerprint density at radius 1 is 1.64 bits per heavy atom. The van der Waals surface area contributed by atoms with Gasteiger partial charge in [-0.2, -0.15) is 0 Å². The van der Waals surface area contributed by atoms with E-state index in [2.05, 4.69) is 5.32 Å². The molecule has 0 atom stereocenters. The number of furan rings is 1. The molecule has 0 spiro atoms. The Kier molecular flexibility index (Phi) is 4.19. The van der Waals surface area contributed by atoms with Crippen LogP contribution in [0, 0.1) is 0 Å². The summed E-state index contributed by atoms with van der Waals surface area (Å²) >= 11 is 0. The van der Waals surface area contributed by atoms with E-state index in [1.165, 1.54) is 6.26 Å². The van der Waals surface area contributed by atoms with Gasteiger partial charge in [-0.05, 0) is 32.1 Å². The van der Waals surface area contributed by atoms with Gasteiger partial charge in [0, 0.05) is 13.6 Å². The van der Waals surface area contributed by atoms with Crippen molar-refractivity contribution in [3.05, 3.63) is 24.2 Å². The predicted octanol–water partition coefficient (Wildman–Crippen LogP) is 0.961. The van der Waals surface area contributed by atoms with Crippen molar-refractivity contribution in [2.45, 2.75) is 6.42 Å². The molecule has 0 aliphatic rings. The van der Waals surface area contributed by atoms with Crippen molar-refractivity contribution < 1.29 is 9.21 Å². The van der Waals surface area contributed by atoms with E-state index in [1.807, 2.05) is 7.05 Å². The Hall–Kier alpha value is -1.29. The Morgan fingerprint density at radius 3 is 3.00 bits per heavy atom. The van der Waals surface area contributed by atoms with Crippen LogP contribution in [0.2, 0.25) is 0 Å². The van der Waals surface area contributed by atoms with Gasteiger partial charge in [0.25, 0.3) is 5.91 Å². The lowest BCUT2D eigenvalue weighted by molar-refractivity contribution is 0.0762. The number of amides is 1. The molecule has 1 rings (SSSR count). The molecule has 1 heterocycles. The molecule has 4 heteroatoms. The van der Waals surface area contributed by atoms with E-state index in [9.17, 15) is 4.79 Å². The molecular formula is C10H16N2O2. The van der Waals surface area contributed by atoms with Crippen molar-refractivity contribution in [2.24, 2.45) is 0 Å². The zero-order valence-corrected chi connectivity index (χ0v) is 8.62. The molecule has 1 N–H and O–H groups in total. The van der Waals surface area contributed by atoms with Crippen LogP contribution in [-0.2, 0) is 0 Å². The number of carbonyl (C=O) groups excluding carboxylic acids is 1. The largest absolute Gasteiger partial charge is 0.459 e. The minimum absolute atomic E-state index is 0.0638. The second-order valence-corrected chi connectivity index (χ2v) is 3.16. The normalized spacial score (nSPS) is 10.1. The van der Waals surface area contributed by atoms with E-state index < -0.39 is 0 Å². The molecule has 4 nitrogen and oxygen atoms in total. The summed E-state index contributed by atoms with van der Waals surface area (Å²) < 4.78 is 5.02. The molecule has 0 aromatic carbocycles. The molecule has 0 saturated carbocycles. The lowest BCUT2D eigenvalue weighted by Crippen LogP contribution is -2.29. The Bertz CT molecular complexity index is 270. The van der Waals surface area contributed by atoms with Gasteiger partial charge >= 0.3 is 0 Å². The van der Waals surface area contributed by atoms with E-state index in [0.29, 0.717) is 5.76 Å². The van der Waals surface area contributed by atoms with Crippen LogP contribution < -0.4 is 5.32 Å². The molecule has 0 fully saturated rings. The van der Waals surface area contributed by atoms with Gasteiger partial charge in [-0.15, -0.1) is 0 Å². The number of rotatable bonds is 5. The smallest absolute Gasteiger partial charge is 0.289 e. The topological polar surface area (TPSA) is 45.5 Å². The third-order valence-electron chi connectivity index (χ3n) is 2.00. The first kappa shape index (κ1) is 10.8. The van der Waals surface area contributed by atoms with E-state index in [1.54, 1.807) is 24.1 Å². The lowest BCUT2D eigenvalue weighted by Gasteiger charge is -2.15. The van der Waals surface area contributed by atoms with Crippen LogP contribution in [0.1, 0.15) is 17.0 Å². The fourth-order valence-corrected chi connectivity index (χ4v) is 1.18.